The lowest BCUT2D eigenvalue weighted by atomic mass is 9.87. The van der Waals surface area contributed by atoms with Gasteiger partial charge >= 0.3 is 0 Å². The predicted octanol–water partition coefficient (Wildman–Crippen LogP) is 4.61. The highest BCUT2D eigenvalue weighted by molar-refractivity contribution is 5.46. The van der Waals surface area contributed by atoms with Crippen molar-refractivity contribution in [1.82, 2.24) is 0 Å². The third kappa shape index (κ3) is 2.70. The lowest BCUT2D eigenvalue weighted by molar-refractivity contribution is 0.472. The first-order valence-corrected chi connectivity index (χ1v) is 7.55. The zero-order chi connectivity index (χ0) is 13.5. The van der Waals surface area contributed by atoms with E-state index in [0.29, 0.717) is 0 Å². The van der Waals surface area contributed by atoms with Crippen molar-refractivity contribution in [3.63, 3.8) is 0 Å². The molecule has 2 aliphatic carbocycles. The van der Waals surface area contributed by atoms with E-state index >= 15 is 0 Å². The van der Waals surface area contributed by atoms with Gasteiger partial charge < -0.3 is 5.32 Å². The van der Waals surface area contributed by atoms with Crippen LogP contribution in [0.2, 0.25) is 0 Å². The maximum Gasteiger partial charge on any atom is 0.0340 e. The summed E-state index contributed by atoms with van der Waals surface area (Å²) < 4.78 is 0. The Hall–Kier alpha value is -1.24. The van der Waals surface area contributed by atoms with Gasteiger partial charge in [0, 0.05) is 12.2 Å². The molecule has 0 saturated heterocycles. The second-order valence-corrected chi connectivity index (χ2v) is 7.25. The number of allylic oxidation sites excluding steroid dienone is 2. The molecule has 3 unspecified atom stereocenters. The van der Waals surface area contributed by atoms with Gasteiger partial charge in [0.15, 0.2) is 0 Å². The van der Waals surface area contributed by atoms with Gasteiger partial charge in [0.1, 0.15) is 0 Å². The zero-order valence-corrected chi connectivity index (χ0v) is 12.3. The van der Waals surface area contributed by atoms with Crippen molar-refractivity contribution >= 4 is 5.69 Å². The van der Waals surface area contributed by atoms with Crippen molar-refractivity contribution in [2.75, 3.05) is 11.9 Å². The van der Waals surface area contributed by atoms with E-state index in [0.717, 1.165) is 24.3 Å². The Bertz CT molecular complexity index is 463. The maximum atomic E-state index is 3.62. The van der Waals surface area contributed by atoms with E-state index in [1.54, 1.807) is 0 Å². The van der Waals surface area contributed by atoms with Crippen molar-refractivity contribution in [3.8, 4) is 0 Å². The molecule has 1 saturated carbocycles. The highest BCUT2D eigenvalue weighted by Gasteiger charge is 2.35. The average molecular weight is 255 g/mol. The third-order valence-electron chi connectivity index (χ3n) is 4.74. The molecule has 0 aliphatic heterocycles. The van der Waals surface area contributed by atoms with Gasteiger partial charge in [0.25, 0.3) is 0 Å². The van der Waals surface area contributed by atoms with Gasteiger partial charge in [0.05, 0.1) is 0 Å². The Morgan fingerprint density at radius 1 is 1.05 bits per heavy atom. The Balaban J connectivity index is 1.57. The number of anilines is 1. The van der Waals surface area contributed by atoms with Crippen LogP contribution < -0.4 is 5.32 Å². The molecule has 19 heavy (non-hydrogen) atoms. The molecular weight excluding hydrogens is 230 g/mol. The van der Waals surface area contributed by atoms with E-state index in [4.69, 9.17) is 0 Å². The summed E-state index contributed by atoms with van der Waals surface area (Å²) in [6.07, 6.45) is 7.63. The Kier molecular flexibility index (Phi) is 3.16. The second-order valence-electron chi connectivity index (χ2n) is 7.25. The Morgan fingerprint density at radius 3 is 2.32 bits per heavy atom. The minimum absolute atomic E-state index is 0.244. The molecule has 0 spiro atoms. The molecule has 3 rings (SSSR count). The van der Waals surface area contributed by atoms with Gasteiger partial charge in [-0.05, 0) is 53.7 Å². The first-order chi connectivity index (χ1) is 9.02. The van der Waals surface area contributed by atoms with Gasteiger partial charge in [-0.25, -0.2) is 0 Å². The molecule has 0 amide bonds. The van der Waals surface area contributed by atoms with Crippen molar-refractivity contribution in [2.24, 2.45) is 17.8 Å². The van der Waals surface area contributed by atoms with Crippen LogP contribution >= 0.6 is 0 Å². The molecule has 1 heteroatoms. The van der Waals surface area contributed by atoms with Crippen molar-refractivity contribution in [1.29, 1.82) is 0 Å². The van der Waals surface area contributed by atoms with Crippen LogP contribution in [0.1, 0.15) is 39.2 Å². The van der Waals surface area contributed by atoms with Gasteiger partial charge in [-0.15, -0.1) is 0 Å². The van der Waals surface area contributed by atoms with Crippen molar-refractivity contribution < 1.29 is 0 Å². The van der Waals surface area contributed by atoms with Gasteiger partial charge in [0.2, 0.25) is 0 Å². The minimum atomic E-state index is 0.244. The van der Waals surface area contributed by atoms with Crippen molar-refractivity contribution in [3.05, 3.63) is 42.0 Å². The fraction of sp³-hybridized carbons (Fsp3) is 0.556. The summed E-state index contributed by atoms with van der Waals surface area (Å²) in [5.74, 6) is 2.56. The number of nitrogens with one attached hydrogen (secondary N) is 1. The molecule has 0 aromatic heterocycles. The van der Waals surface area contributed by atoms with Crippen LogP contribution in [0.3, 0.4) is 0 Å². The summed E-state index contributed by atoms with van der Waals surface area (Å²) >= 11 is 0. The van der Waals surface area contributed by atoms with E-state index in [1.165, 1.54) is 24.1 Å². The molecule has 1 aromatic carbocycles. The first-order valence-electron chi connectivity index (χ1n) is 7.55. The van der Waals surface area contributed by atoms with E-state index < -0.39 is 0 Å². The van der Waals surface area contributed by atoms with E-state index in [1.807, 2.05) is 0 Å². The quantitative estimate of drug-likeness (QED) is 0.778. The van der Waals surface area contributed by atoms with Gasteiger partial charge in [-0.1, -0.05) is 45.1 Å². The van der Waals surface area contributed by atoms with E-state index in [9.17, 15) is 0 Å². The Morgan fingerprint density at radius 2 is 1.79 bits per heavy atom. The van der Waals surface area contributed by atoms with Gasteiger partial charge in [-0.2, -0.15) is 0 Å². The number of rotatable bonds is 3. The second kappa shape index (κ2) is 4.70. The van der Waals surface area contributed by atoms with Gasteiger partial charge in [-0.3, -0.25) is 0 Å². The van der Waals surface area contributed by atoms with Crippen LogP contribution in [0.25, 0.3) is 0 Å². The summed E-state index contributed by atoms with van der Waals surface area (Å²) in [5.41, 5.74) is 2.91. The third-order valence-corrected chi connectivity index (χ3v) is 4.74. The monoisotopic (exact) mass is 255 g/mol. The predicted molar refractivity (Wildman–Crippen MR) is 82.5 cm³/mol. The molecule has 0 heterocycles. The molecule has 3 atom stereocenters. The maximum absolute atomic E-state index is 3.62. The topological polar surface area (TPSA) is 12.0 Å². The SMILES string of the molecule is CC(C)(C)c1ccc(NCC2CC3C=CC2C3)cc1. The lowest BCUT2D eigenvalue weighted by Crippen LogP contribution is -2.18. The molecule has 1 nitrogen and oxygen atoms in total. The molecule has 2 bridgehead atoms. The molecule has 1 aromatic rings. The fourth-order valence-electron chi connectivity index (χ4n) is 3.47. The summed E-state index contributed by atoms with van der Waals surface area (Å²) in [6.45, 7) is 7.91. The molecule has 1 fully saturated rings. The average Bonchev–Trinajstić information content (AvgIpc) is 2.98. The highest BCUT2D eigenvalue weighted by Crippen LogP contribution is 2.43. The Labute approximate surface area is 117 Å². The fourth-order valence-corrected chi connectivity index (χ4v) is 3.47. The molecule has 2 aliphatic rings. The zero-order valence-electron chi connectivity index (χ0n) is 12.3. The minimum Gasteiger partial charge on any atom is -0.385 e. The van der Waals surface area contributed by atoms with Crippen LogP contribution in [-0.4, -0.2) is 6.54 Å². The van der Waals surface area contributed by atoms with Crippen molar-refractivity contribution in [2.45, 2.75) is 39.0 Å². The molecule has 1 N–H and O–H groups in total. The number of benzene rings is 1. The molecule has 0 radical (unpaired) electrons. The number of hydrogen-bond acceptors (Lipinski definition) is 1. The number of fused-ring (bicyclic) bond motifs is 2. The standard InChI is InChI=1S/C18H25N/c1-18(2,3)16-6-8-17(9-7-16)19-12-15-11-13-4-5-14(15)10-13/h4-9,13-15,19H,10-12H2,1-3H3. The summed E-state index contributed by atoms with van der Waals surface area (Å²) in [4.78, 5) is 0. The lowest BCUT2D eigenvalue weighted by Gasteiger charge is -2.21. The van der Waals surface area contributed by atoms with Crippen LogP contribution in [-0.2, 0) is 5.41 Å². The van der Waals surface area contributed by atoms with E-state index in [-0.39, 0.29) is 5.41 Å². The first kappa shape index (κ1) is 12.8. The highest BCUT2D eigenvalue weighted by atomic mass is 14.9. The number of hydrogen-bond donors (Lipinski definition) is 1. The van der Waals surface area contributed by atoms with E-state index in [2.05, 4.69) is 62.5 Å². The van der Waals surface area contributed by atoms with Crippen LogP contribution in [0.4, 0.5) is 5.69 Å². The molecule has 102 valence electrons. The smallest absolute Gasteiger partial charge is 0.0340 e. The van der Waals surface area contributed by atoms with Crippen LogP contribution in [0.15, 0.2) is 36.4 Å². The normalized spacial score (nSPS) is 28.9. The summed E-state index contributed by atoms with van der Waals surface area (Å²) in [6, 6.07) is 8.96. The summed E-state index contributed by atoms with van der Waals surface area (Å²) in [7, 11) is 0. The van der Waals surface area contributed by atoms with Crippen LogP contribution in [0.5, 0.6) is 0 Å². The molecular formula is C18H25N. The van der Waals surface area contributed by atoms with Crippen LogP contribution in [0, 0.1) is 17.8 Å². The largest absolute Gasteiger partial charge is 0.385 e. The summed E-state index contributed by atoms with van der Waals surface area (Å²) in [5, 5.41) is 3.62.